The average Bonchev–Trinajstić information content (AvgIpc) is 4.00. The van der Waals surface area contributed by atoms with Gasteiger partial charge in [-0.05, 0) is 95.1 Å². The fourth-order valence-corrected chi connectivity index (χ4v) is 10.0. The molecule has 0 N–H and O–H groups in total. The molecule has 0 saturated heterocycles. The molecular weight excluding hydrogens is 765 g/mol. The van der Waals surface area contributed by atoms with Crippen molar-refractivity contribution in [1.82, 2.24) is 18.7 Å². The Hall–Kier alpha value is -8.47. The summed E-state index contributed by atoms with van der Waals surface area (Å²) in [4.78, 5) is 4.74. The summed E-state index contributed by atoms with van der Waals surface area (Å²) >= 11 is 0. The zero-order valence-corrected chi connectivity index (χ0v) is 34.2. The Morgan fingerprint density at radius 2 is 0.508 bits per heavy atom. The molecule has 4 heterocycles. The minimum Gasteiger partial charge on any atom is -0.309 e. The number of pyridine rings is 1. The van der Waals surface area contributed by atoms with Crippen LogP contribution in [-0.4, -0.2) is 18.7 Å². The standard InChI is InChI=1S/C59H38N4/c1-7-19-54-48(13-1)49-14-2-8-20-55(49)61(54)45-31-29-41(30-32-45)44-33-43(37-60-38-44)40-27-25-39(26-28-40)42-34-46(62-56-21-9-3-15-50(56)51-16-4-10-22-57(51)62)36-47(35-42)63-58-23-11-5-17-52(58)53-18-6-12-24-59(53)63/h1-38H. The second-order valence-corrected chi connectivity index (χ2v) is 16.4. The van der Waals surface area contributed by atoms with E-state index in [1.54, 1.807) is 0 Å². The number of benzene rings is 9. The maximum atomic E-state index is 4.74. The van der Waals surface area contributed by atoms with E-state index in [9.17, 15) is 0 Å². The third kappa shape index (κ3) is 5.59. The Morgan fingerprint density at radius 1 is 0.222 bits per heavy atom. The summed E-state index contributed by atoms with van der Waals surface area (Å²) in [5.41, 5.74) is 17.2. The first-order chi connectivity index (χ1) is 31.2. The number of hydrogen-bond donors (Lipinski definition) is 0. The molecule has 4 aromatic heterocycles. The van der Waals surface area contributed by atoms with Crippen LogP contribution in [0.2, 0.25) is 0 Å². The van der Waals surface area contributed by atoms with Crippen LogP contribution in [0.25, 0.3) is 116 Å². The van der Waals surface area contributed by atoms with Gasteiger partial charge in [0.15, 0.2) is 0 Å². The Bertz CT molecular complexity index is 3610. The minimum atomic E-state index is 1.08. The largest absolute Gasteiger partial charge is 0.309 e. The van der Waals surface area contributed by atoms with Gasteiger partial charge in [0.05, 0.1) is 33.1 Å². The highest BCUT2D eigenvalue weighted by molar-refractivity contribution is 6.11. The zero-order chi connectivity index (χ0) is 41.4. The van der Waals surface area contributed by atoms with Crippen LogP contribution < -0.4 is 0 Å². The van der Waals surface area contributed by atoms with Gasteiger partial charge in [-0.1, -0.05) is 146 Å². The summed E-state index contributed by atoms with van der Waals surface area (Å²) in [7, 11) is 0. The molecule has 4 heteroatoms. The smallest absolute Gasteiger partial charge is 0.0541 e. The topological polar surface area (TPSA) is 27.7 Å². The van der Waals surface area contributed by atoms with E-state index in [1.807, 2.05) is 12.4 Å². The summed E-state index contributed by atoms with van der Waals surface area (Å²) in [5, 5.41) is 7.51. The maximum Gasteiger partial charge on any atom is 0.0541 e. The van der Waals surface area contributed by atoms with Crippen molar-refractivity contribution in [2.45, 2.75) is 0 Å². The van der Waals surface area contributed by atoms with Gasteiger partial charge in [-0.25, -0.2) is 0 Å². The molecule has 0 bridgehead atoms. The van der Waals surface area contributed by atoms with Crippen molar-refractivity contribution in [2.24, 2.45) is 0 Å². The van der Waals surface area contributed by atoms with Gasteiger partial charge < -0.3 is 13.7 Å². The lowest BCUT2D eigenvalue weighted by molar-refractivity contribution is 1.13. The number of nitrogens with zero attached hydrogens (tertiary/aromatic N) is 4. The molecule has 0 aliphatic rings. The quantitative estimate of drug-likeness (QED) is 0.165. The Morgan fingerprint density at radius 3 is 0.857 bits per heavy atom. The number of aromatic nitrogens is 4. The van der Waals surface area contributed by atoms with Crippen LogP contribution in [-0.2, 0) is 0 Å². The van der Waals surface area contributed by atoms with Crippen LogP contribution in [0.5, 0.6) is 0 Å². The van der Waals surface area contributed by atoms with Crippen LogP contribution in [0.1, 0.15) is 0 Å². The summed E-state index contributed by atoms with van der Waals surface area (Å²) in [6.45, 7) is 0. The third-order valence-corrected chi connectivity index (χ3v) is 12.9. The molecule has 0 aliphatic carbocycles. The molecule has 0 unspecified atom stereocenters. The number of hydrogen-bond acceptors (Lipinski definition) is 1. The van der Waals surface area contributed by atoms with E-state index in [1.165, 1.54) is 65.4 Å². The van der Waals surface area contributed by atoms with Gasteiger partial charge >= 0.3 is 0 Å². The molecule has 294 valence electrons. The van der Waals surface area contributed by atoms with Crippen LogP contribution in [0, 0.1) is 0 Å². The molecule has 0 aliphatic heterocycles. The summed E-state index contributed by atoms with van der Waals surface area (Å²) in [6.07, 6.45) is 3.93. The SMILES string of the molecule is c1ccc2c(c1)c1ccccc1n2-c1ccc(-c2cncc(-c3ccc(-c4cc(-n5c6ccccc6c6ccccc65)cc(-n5c6ccccc6c6ccccc65)c4)cc3)c2)cc1. The van der Waals surface area contributed by atoms with Crippen molar-refractivity contribution in [3.8, 4) is 50.4 Å². The Balaban J connectivity index is 0.904. The lowest BCUT2D eigenvalue weighted by atomic mass is 9.98. The van der Waals surface area contributed by atoms with Crippen molar-refractivity contribution in [2.75, 3.05) is 0 Å². The van der Waals surface area contributed by atoms with Crippen molar-refractivity contribution in [3.63, 3.8) is 0 Å². The first kappa shape index (κ1) is 35.3. The Labute approximate surface area is 363 Å². The average molecular weight is 803 g/mol. The Kier molecular flexibility index (Phi) is 7.87. The molecular formula is C59H38N4. The van der Waals surface area contributed by atoms with Gasteiger partial charge in [-0.3, -0.25) is 4.98 Å². The van der Waals surface area contributed by atoms with Crippen molar-refractivity contribution >= 4 is 65.4 Å². The maximum absolute atomic E-state index is 4.74. The van der Waals surface area contributed by atoms with Crippen LogP contribution in [0.15, 0.2) is 231 Å². The lowest BCUT2D eigenvalue weighted by Gasteiger charge is -2.16. The second-order valence-electron chi connectivity index (χ2n) is 16.4. The predicted octanol–water partition coefficient (Wildman–Crippen LogP) is 15.4. The molecule has 0 amide bonds. The van der Waals surface area contributed by atoms with Crippen LogP contribution in [0.3, 0.4) is 0 Å². The van der Waals surface area contributed by atoms with Crippen molar-refractivity contribution in [1.29, 1.82) is 0 Å². The van der Waals surface area contributed by atoms with Gasteiger partial charge in [0.2, 0.25) is 0 Å². The molecule has 63 heavy (non-hydrogen) atoms. The first-order valence-corrected chi connectivity index (χ1v) is 21.5. The first-order valence-electron chi connectivity index (χ1n) is 21.5. The molecule has 0 radical (unpaired) electrons. The van der Waals surface area contributed by atoms with E-state index in [0.717, 1.165) is 50.4 Å². The highest BCUT2D eigenvalue weighted by atomic mass is 15.0. The highest BCUT2D eigenvalue weighted by Gasteiger charge is 2.18. The van der Waals surface area contributed by atoms with E-state index in [-0.39, 0.29) is 0 Å². The van der Waals surface area contributed by atoms with Gasteiger partial charge in [0.1, 0.15) is 0 Å². The summed E-state index contributed by atoms with van der Waals surface area (Å²) in [5.74, 6) is 0. The fourth-order valence-electron chi connectivity index (χ4n) is 10.0. The lowest BCUT2D eigenvalue weighted by Crippen LogP contribution is -2.00. The normalized spacial score (nSPS) is 11.8. The van der Waals surface area contributed by atoms with Gasteiger partial charge in [0.25, 0.3) is 0 Å². The molecule has 0 spiro atoms. The van der Waals surface area contributed by atoms with Crippen LogP contribution in [0.4, 0.5) is 0 Å². The van der Waals surface area contributed by atoms with E-state index < -0.39 is 0 Å². The molecule has 0 saturated carbocycles. The van der Waals surface area contributed by atoms with Gasteiger partial charge in [0, 0.05) is 72.9 Å². The molecule has 13 rings (SSSR count). The number of fused-ring (bicyclic) bond motifs is 9. The van der Waals surface area contributed by atoms with Gasteiger partial charge in [-0.2, -0.15) is 0 Å². The molecule has 0 atom stereocenters. The number of rotatable bonds is 6. The van der Waals surface area contributed by atoms with Crippen molar-refractivity contribution in [3.05, 3.63) is 231 Å². The fraction of sp³-hybridized carbons (Fsp3) is 0. The summed E-state index contributed by atoms with van der Waals surface area (Å²) < 4.78 is 7.20. The van der Waals surface area contributed by atoms with E-state index in [4.69, 9.17) is 4.98 Å². The molecule has 13 aromatic rings. The second kappa shape index (κ2) is 14.1. The van der Waals surface area contributed by atoms with Gasteiger partial charge in [-0.15, -0.1) is 0 Å². The third-order valence-electron chi connectivity index (χ3n) is 12.9. The van der Waals surface area contributed by atoms with Crippen LogP contribution >= 0.6 is 0 Å². The monoisotopic (exact) mass is 802 g/mol. The molecule has 0 fully saturated rings. The van der Waals surface area contributed by atoms with E-state index in [2.05, 4.69) is 232 Å². The summed E-state index contributed by atoms with van der Waals surface area (Å²) in [6, 6.07) is 79.4. The predicted molar refractivity (Wildman–Crippen MR) is 264 cm³/mol. The zero-order valence-electron chi connectivity index (χ0n) is 34.2. The van der Waals surface area contributed by atoms with E-state index in [0.29, 0.717) is 0 Å². The van der Waals surface area contributed by atoms with E-state index >= 15 is 0 Å². The molecule has 4 nitrogen and oxygen atoms in total. The van der Waals surface area contributed by atoms with Crippen molar-refractivity contribution < 1.29 is 0 Å². The highest BCUT2D eigenvalue weighted by Crippen LogP contribution is 2.39. The molecule has 9 aromatic carbocycles. The minimum absolute atomic E-state index is 1.08. The number of para-hydroxylation sites is 6.